The molecule has 1 fully saturated rings. The summed E-state index contributed by atoms with van der Waals surface area (Å²) < 4.78 is 2.40. The van der Waals surface area contributed by atoms with E-state index >= 15 is 0 Å². The van der Waals surface area contributed by atoms with E-state index in [0.29, 0.717) is 6.42 Å². The highest BCUT2D eigenvalue weighted by atomic mass is 16.2. The third-order valence-corrected chi connectivity index (χ3v) is 6.51. The summed E-state index contributed by atoms with van der Waals surface area (Å²) in [4.78, 5) is 19.8. The molecular weight excluding hydrogens is 382 g/mol. The predicted molar refractivity (Wildman–Crippen MR) is 127 cm³/mol. The molecule has 1 unspecified atom stereocenters. The lowest BCUT2D eigenvalue weighted by Gasteiger charge is -2.17. The maximum atomic E-state index is 12.8. The Balaban J connectivity index is 1.43. The molecule has 3 aromatic rings. The molecule has 4 rings (SSSR count). The number of para-hydroxylation sites is 2. The first kappa shape index (κ1) is 21.6. The Labute approximate surface area is 186 Å². The van der Waals surface area contributed by atoms with E-state index in [1.807, 2.05) is 11.0 Å². The van der Waals surface area contributed by atoms with Gasteiger partial charge in [0.05, 0.1) is 11.0 Å². The van der Waals surface area contributed by atoms with Gasteiger partial charge >= 0.3 is 0 Å². The molecule has 1 saturated heterocycles. The summed E-state index contributed by atoms with van der Waals surface area (Å²) in [5, 5.41) is 0. The van der Waals surface area contributed by atoms with Gasteiger partial charge in [0.2, 0.25) is 5.91 Å². The van der Waals surface area contributed by atoms with Crippen molar-refractivity contribution < 1.29 is 4.79 Å². The molecule has 0 spiro atoms. The molecule has 0 radical (unpaired) electrons. The van der Waals surface area contributed by atoms with Crippen molar-refractivity contribution in [3.63, 3.8) is 0 Å². The quantitative estimate of drug-likeness (QED) is 0.361. The van der Waals surface area contributed by atoms with Gasteiger partial charge in [0, 0.05) is 32.0 Å². The number of rotatable bonds is 11. The van der Waals surface area contributed by atoms with Gasteiger partial charge in [0.15, 0.2) is 0 Å². The second-order valence-electron chi connectivity index (χ2n) is 8.85. The summed E-state index contributed by atoms with van der Waals surface area (Å²) in [6.07, 6.45) is 9.19. The maximum Gasteiger partial charge on any atom is 0.223 e. The highest BCUT2D eigenvalue weighted by molar-refractivity contribution is 5.81. The molecule has 0 saturated carbocycles. The van der Waals surface area contributed by atoms with Crippen LogP contribution < -0.4 is 0 Å². The number of hydrogen-bond acceptors (Lipinski definition) is 2. The third-order valence-electron chi connectivity index (χ3n) is 6.51. The largest absolute Gasteiger partial charge is 0.342 e. The Morgan fingerprint density at radius 1 is 0.903 bits per heavy atom. The number of fused-ring (bicyclic) bond motifs is 1. The number of hydrogen-bond donors (Lipinski definition) is 0. The molecule has 31 heavy (non-hydrogen) atoms. The van der Waals surface area contributed by atoms with Crippen LogP contribution in [-0.4, -0.2) is 33.4 Å². The summed E-state index contributed by atoms with van der Waals surface area (Å²) >= 11 is 0. The van der Waals surface area contributed by atoms with Gasteiger partial charge in [0.1, 0.15) is 5.82 Å². The number of unbranched alkanes of at least 4 members (excludes halogenated alkanes) is 5. The Hall–Kier alpha value is -2.62. The average molecular weight is 418 g/mol. The maximum absolute atomic E-state index is 12.8. The SMILES string of the molecule is CCCCCCCCn1c(C2CC(=O)N(CCc3ccccc3)C2)nc2ccccc21. The minimum Gasteiger partial charge on any atom is -0.342 e. The first-order chi connectivity index (χ1) is 15.3. The summed E-state index contributed by atoms with van der Waals surface area (Å²) in [5.74, 6) is 1.56. The van der Waals surface area contributed by atoms with Gasteiger partial charge in [-0.25, -0.2) is 4.98 Å². The smallest absolute Gasteiger partial charge is 0.223 e. The van der Waals surface area contributed by atoms with E-state index in [1.165, 1.54) is 49.6 Å². The Morgan fingerprint density at radius 3 is 2.48 bits per heavy atom. The number of benzene rings is 2. The number of aromatic nitrogens is 2. The third kappa shape index (κ3) is 5.36. The van der Waals surface area contributed by atoms with Crippen molar-refractivity contribution in [1.29, 1.82) is 0 Å². The molecule has 1 aliphatic heterocycles. The zero-order valence-electron chi connectivity index (χ0n) is 18.8. The monoisotopic (exact) mass is 417 g/mol. The molecule has 1 amide bonds. The molecule has 4 nitrogen and oxygen atoms in total. The zero-order valence-corrected chi connectivity index (χ0v) is 18.8. The lowest BCUT2D eigenvalue weighted by molar-refractivity contribution is -0.127. The highest BCUT2D eigenvalue weighted by Crippen LogP contribution is 2.31. The second-order valence-corrected chi connectivity index (χ2v) is 8.85. The van der Waals surface area contributed by atoms with Crippen molar-refractivity contribution in [1.82, 2.24) is 14.5 Å². The average Bonchev–Trinajstić information content (AvgIpc) is 3.35. The van der Waals surface area contributed by atoms with Gasteiger partial charge in [-0.1, -0.05) is 81.5 Å². The minimum absolute atomic E-state index is 0.191. The van der Waals surface area contributed by atoms with Crippen LogP contribution >= 0.6 is 0 Å². The van der Waals surface area contributed by atoms with Crippen molar-refractivity contribution in [3.8, 4) is 0 Å². The van der Waals surface area contributed by atoms with Crippen LogP contribution in [0.4, 0.5) is 0 Å². The number of nitrogens with zero attached hydrogens (tertiary/aromatic N) is 3. The molecule has 0 bridgehead atoms. The van der Waals surface area contributed by atoms with Crippen LogP contribution in [0.1, 0.15) is 69.2 Å². The number of aryl methyl sites for hydroxylation is 1. The Bertz CT molecular complexity index is 979. The molecule has 0 aliphatic carbocycles. The van der Waals surface area contributed by atoms with Gasteiger partial charge in [0.25, 0.3) is 0 Å². The summed E-state index contributed by atoms with van der Waals surface area (Å²) in [6, 6.07) is 18.9. The van der Waals surface area contributed by atoms with Crippen molar-refractivity contribution in [2.75, 3.05) is 13.1 Å². The Kier molecular flexibility index (Phi) is 7.39. The van der Waals surface area contributed by atoms with E-state index in [0.717, 1.165) is 37.4 Å². The fourth-order valence-corrected chi connectivity index (χ4v) is 4.76. The van der Waals surface area contributed by atoms with Gasteiger partial charge in [-0.3, -0.25) is 4.79 Å². The molecule has 2 heterocycles. The van der Waals surface area contributed by atoms with Crippen molar-refractivity contribution in [2.45, 2.75) is 70.8 Å². The van der Waals surface area contributed by atoms with Crippen LogP contribution in [0.3, 0.4) is 0 Å². The normalized spacial score (nSPS) is 16.5. The highest BCUT2D eigenvalue weighted by Gasteiger charge is 2.33. The minimum atomic E-state index is 0.191. The predicted octanol–water partition coefficient (Wildman–Crippen LogP) is 5.96. The molecule has 0 N–H and O–H groups in total. The topological polar surface area (TPSA) is 38.1 Å². The lowest BCUT2D eigenvalue weighted by Crippen LogP contribution is -2.27. The molecule has 1 atom stereocenters. The van der Waals surface area contributed by atoms with Gasteiger partial charge in [-0.15, -0.1) is 0 Å². The first-order valence-corrected chi connectivity index (χ1v) is 12.0. The second kappa shape index (κ2) is 10.6. The van der Waals surface area contributed by atoms with Crippen LogP contribution in [0.2, 0.25) is 0 Å². The van der Waals surface area contributed by atoms with Crippen molar-refractivity contribution >= 4 is 16.9 Å². The molecule has 4 heteroatoms. The first-order valence-electron chi connectivity index (χ1n) is 12.0. The fraction of sp³-hybridized carbons (Fsp3) is 0.481. The van der Waals surface area contributed by atoms with Gasteiger partial charge < -0.3 is 9.47 Å². The van der Waals surface area contributed by atoms with Crippen LogP contribution in [0.25, 0.3) is 11.0 Å². The number of carbonyl (C=O) groups excluding carboxylic acids is 1. The Morgan fingerprint density at radius 2 is 1.65 bits per heavy atom. The summed E-state index contributed by atoms with van der Waals surface area (Å²) in [7, 11) is 0. The standard InChI is InChI=1S/C27H35N3O/c1-2-3-4-5-6-12-18-30-25-16-11-10-15-24(25)28-27(30)23-20-26(31)29(21-23)19-17-22-13-8-7-9-14-22/h7-11,13-16,23H,2-6,12,17-21H2,1H3. The number of carbonyl (C=O) groups is 1. The van der Waals surface area contributed by atoms with Crippen molar-refractivity contribution in [2.24, 2.45) is 0 Å². The number of amides is 1. The molecule has 1 aliphatic rings. The molecule has 2 aromatic carbocycles. The van der Waals surface area contributed by atoms with Crippen LogP contribution in [0.5, 0.6) is 0 Å². The van der Waals surface area contributed by atoms with E-state index in [4.69, 9.17) is 4.98 Å². The molecular formula is C27H35N3O. The van der Waals surface area contributed by atoms with Crippen molar-refractivity contribution in [3.05, 3.63) is 66.0 Å². The van der Waals surface area contributed by atoms with E-state index in [-0.39, 0.29) is 11.8 Å². The number of likely N-dealkylation sites (tertiary alicyclic amines) is 1. The lowest BCUT2D eigenvalue weighted by atomic mass is 10.1. The molecule has 164 valence electrons. The van der Waals surface area contributed by atoms with Gasteiger partial charge in [-0.2, -0.15) is 0 Å². The van der Waals surface area contributed by atoms with Crippen LogP contribution in [0, 0.1) is 0 Å². The number of imidazole rings is 1. The molecule has 1 aromatic heterocycles. The van der Waals surface area contributed by atoms with E-state index in [2.05, 4.69) is 60.0 Å². The summed E-state index contributed by atoms with van der Waals surface area (Å²) in [5.41, 5.74) is 3.55. The van der Waals surface area contributed by atoms with E-state index < -0.39 is 0 Å². The van der Waals surface area contributed by atoms with Gasteiger partial charge in [-0.05, 0) is 30.5 Å². The summed E-state index contributed by atoms with van der Waals surface area (Å²) in [6.45, 7) is 4.83. The van der Waals surface area contributed by atoms with E-state index in [9.17, 15) is 4.79 Å². The zero-order chi connectivity index (χ0) is 21.5. The van der Waals surface area contributed by atoms with E-state index in [1.54, 1.807) is 0 Å². The van der Waals surface area contributed by atoms with Crippen LogP contribution in [-0.2, 0) is 17.8 Å². The fourth-order valence-electron chi connectivity index (χ4n) is 4.76. The van der Waals surface area contributed by atoms with Crippen LogP contribution in [0.15, 0.2) is 54.6 Å².